The van der Waals surface area contributed by atoms with E-state index in [1.807, 2.05) is 12.1 Å². The zero-order valence-corrected chi connectivity index (χ0v) is 20.5. The average Bonchev–Trinajstić information content (AvgIpc) is 3.51. The molecule has 12 nitrogen and oxygen atoms in total. The number of rotatable bonds is 8. The van der Waals surface area contributed by atoms with Crippen molar-refractivity contribution in [1.29, 1.82) is 0 Å². The molecule has 0 aliphatic carbocycles. The first-order valence-corrected chi connectivity index (χ1v) is 11.8. The van der Waals surface area contributed by atoms with Crippen LogP contribution in [0.5, 0.6) is 5.75 Å². The summed E-state index contributed by atoms with van der Waals surface area (Å²) in [6, 6.07) is 10.9. The summed E-state index contributed by atoms with van der Waals surface area (Å²) in [5.74, 6) is 1.30. The number of hydrogen-bond donors (Lipinski definition) is 3. The Morgan fingerprint density at radius 1 is 1.05 bits per heavy atom. The number of aryl methyl sites for hydroxylation is 1. The number of fused-ring (bicyclic) bond motifs is 1. The largest absolute Gasteiger partial charge is 0.494 e. The maximum absolute atomic E-state index is 13.5. The molecule has 0 bridgehead atoms. The molecule has 4 aromatic heterocycles. The molecule has 194 valence electrons. The molecule has 0 saturated carbocycles. The molecule has 6 rings (SSSR count). The number of H-pyrrole nitrogens is 1. The van der Waals surface area contributed by atoms with E-state index in [1.165, 1.54) is 18.3 Å². The van der Waals surface area contributed by atoms with Crippen molar-refractivity contribution in [2.24, 2.45) is 7.05 Å². The minimum atomic E-state index is -2.79. The second-order valence-corrected chi connectivity index (χ2v) is 8.66. The van der Waals surface area contributed by atoms with Gasteiger partial charge in [-0.05, 0) is 35.9 Å². The van der Waals surface area contributed by atoms with E-state index < -0.39 is 12.2 Å². The van der Waals surface area contributed by atoms with Crippen LogP contribution in [0.25, 0.3) is 22.6 Å². The number of ether oxygens (including phenoxy) is 1. The molecule has 0 unspecified atom stereocenters. The van der Waals surface area contributed by atoms with E-state index in [1.54, 1.807) is 37.5 Å². The van der Waals surface area contributed by atoms with Crippen LogP contribution < -0.4 is 20.3 Å². The highest BCUT2D eigenvalue weighted by molar-refractivity contribution is 5.92. The Labute approximate surface area is 215 Å². The lowest BCUT2D eigenvalue weighted by Gasteiger charge is -2.32. The Kier molecular flexibility index (Phi) is 5.90. The summed E-state index contributed by atoms with van der Waals surface area (Å²) in [6.07, 6.45) is 0.180. The van der Waals surface area contributed by atoms with Gasteiger partial charge in [0.1, 0.15) is 17.2 Å². The Hall–Kier alpha value is -4.88. The molecule has 1 aromatic carbocycles. The average molecular weight is 520 g/mol. The summed E-state index contributed by atoms with van der Waals surface area (Å²) in [6.45, 7) is 2.04. The van der Waals surface area contributed by atoms with Crippen LogP contribution in [0.15, 0.2) is 42.6 Å². The molecule has 38 heavy (non-hydrogen) atoms. The van der Waals surface area contributed by atoms with Crippen LogP contribution in [0.1, 0.15) is 18.7 Å². The van der Waals surface area contributed by atoms with Crippen LogP contribution >= 0.6 is 0 Å². The SMILES string of the molecule is COc1c(Nc2cc(Nc3ccc(N4CCC4)cn3)nc3[nH]c(C(F)F)nc23)cccc1-c1nnn(C)n1. The van der Waals surface area contributed by atoms with Gasteiger partial charge in [0.15, 0.2) is 17.2 Å². The summed E-state index contributed by atoms with van der Waals surface area (Å²) >= 11 is 0. The second kappa shape index (κ2) is 9.53. The number of aromatic amines is 1. The van der Waals surface area contributed by atoms with Crippen LogP contribution in [0, 0.1) is 0 Å². The van der Waals surface area contributed by atoms with Crippen molar-refractivity contribution < 1.29 is 13.5 Å². The van der Waals surface area contributed by atoms with E-state index in [-0.39, 0.29) is 11.2 Å². The van der Waals surface area contributed by atoms with Crippen molar-refractivity contribution in [1.82, 2.24) is 40.1 Å². The maximum atomic E-state index is 13.5. The lowest BCUT2D eigenvalue weighted by atomic mass is 10.1. The molecule has 3 N–H and O–H groups in total. The minimum absolute atomic E-state index is 0.190. The van der Waals surface area contributed by atoms with E-state index >= 15 is 0 Å². The molecule has 0 atom stereocenters. The number of benzene rings is 1. The van der Waals surface area contributed by atoms with E-state index in [9.17, 15) is 8.78 Å². The van der Waals surface area contributed by atoms with Gasteiger partial charge in [-0.2, -0.15) is 4.80 Å². The Morgan fingerprint density at radius 2 is 1.92 bits per heavy atom. The Bertz CT molecular complexity index is 1600. The highest BCUT2D eigenvalue weighted by Gasteiger charge is 2.20. The van der Waals surface area contributed by atoms with Crippen molar-refractivity contribution in [2.75, 3.05) is 35.7 Å². The number of para-hydroxylation sites is 1. The third-order valence-corrected chi connectivity index (χ3v) is 6.14. The summed E-state index contributed by atoms with van der Waals surface area (Å²) in [5, 5.41) is 18.6. The fourth-order valence-corrected chi connectivity index (χ4v) is 4.19. The number of anilines is 5. The van der Waals surface area contributed by atoms with Crippen molar-refractivity contribution >= 4 is 39.9 Å². The topological polar surface area (TPSA) is 135 Å². The molecule has 0 amide bonds. The summed E-state index contributed by atoms with van der Waals surface area (Å²) < 4.78 is 32.7. The van der Waals surface area contributed by atoms with Gasteiger partial charge in [-0.25, -0.2) is 23.7 Å². The van der Waals surface area contributed by atoms with Gasteiger partial charge in [0.05, 0.1) is 43.0 Å². The van der Waals surface area contributed by atoms with Crippen LogP contribution in [0.3, 0.4) is 0 Å². The van der Waals surface area contributed by atoms with Crippen molar-refractivity contribution in [3.8, 4) is 17.1 Å². The van der Waals surface area contributed by atoms with Gasteiger partial charge in [-0.15, -0.1) is 10.2 Å². The third-order valence-electron chi connectivity index (χ3n) is 6.14. The first-order chi connectivity index (χ1) is 18.5. The molecule has 14 heteroatoms. The Morgan fingerprint density at radius 3 is 2.58 bits per heavy atom. The first kappa shape index (κ1) is 23.5. The zero-order chi connectivity index (χ0) is 26.2. The molecule has 1 aliphatic heterocycles. The highest BCUT2D eigenvalue weighted by Crippen LogP contribution is 2.38. The molecule has 0 spiro atoms. The van der Waals surface area contributed by atoms with Gasteiger partial charge < -0.3 is 25.3 Å². The predicted molar refractivity (Wildman–Crippen MR) is 137 cm³/mol. The lowest BCUT2D eigenvalue weighted by molar-refractivity contribution is 0.142. The number of halogens is 2. The number of tetrazole rings is 1. The molecule has 5 aromatic rings. The first-order valence-electron chi connectivity index (χ1n) is 11.8. The van der Waals surface area contributed by atoms with E-state index in [0.29, 0.717) is 40.1 Å². The van der Waals surface area contributed by atoms with E-state index in [2.05, 4.69) is 50.9 Å². The van der Waals surface area contributed by atoms with Crippen molar-refractivity contribution in [2.45, 2.75) is 12.8 Å². The van der Waals surface area contributed by atoms with Gasteiger partial charge >= 0.3 is 0 Å². The van der Waals surface area contributed by atoms with Gasteiger partial charge in [-0.1, -0.05) is 6.07 Å². The zero-order valence-electron chi connectivity index (χ0n) is 20.5. The highest BCUT2D eigenvalue weighted by atomic mass is 19.3. The van der Waals surface area contributed by atoms with Gasteiger partial charge in [0.25, 0.3) is 6.43 Å². The monoisotopic (exact) mass is 519 g/mol. The maximum Gasteiger partial charge on any atom is 0.295 e. The molecular formula is C24H23F2N11O. The van der Waals surface area contributed by atoms with Crippen molar-refractivity contribution in [3.05, 3.63) is 48.4 Å². The summed E-state index contributed by atoms with van der Waals surface area (Å²) in [4.78, 5) is 19.2. The molecule has 0 radical (unpaired) electrons. The molecule has 5 heterocycles. The molecule has 1 fully saturated rings. The number of nitrogens with zero attached hydrogens (tertiary/aromatic N) is 8. The predicted octanol–water partition coefficient (Wildman–Crippen LogP) is 4.19. The van der Waals surface area contributed by atoms with Gasteiger partial charge in [0, 0.05) is 19.2 Å². The second-order valence-electron chi connectivity index (χ2n) is 8.66. The minimum Gasteiger partial charge on any atom is -0.494 e. The van der Waals surface area contributed by atoms with Crippen LogP contribution in [-0.2, 0) is 7.05 Å². The van der Waals surface area contributed by atoms with Crippen molar-refractivity contribution in [3.63, 3.8) is 0 Å². The lowest BCUT2D eigenvalue weighted by Crippen LogP contribution is -2.36. The fraction of sp³-hybridized carbons (Fsp3) is 0.250. The third kappa shape index (κ3) is 4.40. The number of nitrogens with one attached hydrogen (secondary N) is 3. The molecular weight excluding hydrogens is 496 g/mol. The number of hydrogen-bond acceptors (Lipinski definition) is 10. The van der Waals surface area contributed by atoms with Gasteiger partial charge in [-0.3, -0.25) is 0 Å². The number of pyridine rings is 2. The van der Waals surface area contributed by atoms with Crippen LogP contribution in [0.4, 0.5) is 37.5 Å². The smallest absolute Gasteiger partial charge is 0.295 e. The van der Waals surface area contributed by atoms with E-state index in [0.717, 1.165) is 18.8 Å². The summed E-state index contributed by atoms with van der Waals surface area (Å²) in [5.41, 5.74) is 3.07. The van der Waals surface area contributed by atoms with Crippen LogP contribution in [0.2, 0.25) is 0 Å². The quantitative estimate of drug-likeness (QED) is 0.274. The van der Waals surface area contributed by atoms with Gasteiger partial charge in [0.2, 0.25) is 5.82 Å². The van der Waals surface area contributed by atoms with E-state index in [4.69, 9.17) is 4.74 Å². The van der Waals surface area contributed by atoms with Crippen LogP contribution in [-0.4, -0.2) is 60.3 Å². The normalized spacial score (nSPS) is 13.1. The Balaban J connectivity index is 1.37. The summed E-state index contributed by atoms with van der Waals surface area (Å²) in [7, 11) is 3.19. The number of aromatic nitrogens is 8. The molecule has 1 aliphatic rings. The number of methoxy groups -OCH3 is 1. The molecule has 1 saturated heterocycles. The number of alkyl halides is 2. The number of imidazole rings is 1. The fourth-order valence-electron chi connectivity index (χ4n) is 4.19. The standard InChI is InChI=1S/C24H23F2N11O/c1-36-34-22(33-35-36)14-5-3-6-15(20(14)38-2)28-16-11-18(30-23-19(16)31-24(32-23)21(25)26)29-17-8-7-13(12-27-17)37-9-4-10-37/h3,5-8,11-12,21H,4,9-10H2,1-2H3,(H3,27,28,29,30,31,32).